The second-order valence-corrected chi connectivity index (χ2v) is 8.47. The Bertz CT molecular complexity index is 681. The SMILES string of the molecule is CC1CCC(C(C)C)C(OC(=O)c2c[c-]c[n+]([C@@H]3O[C@H](CO)[C@@H](O)[C@H]3O)c2)C1. The van der Waals surface area contributed by atoms with Gasteiger partial charge in [-0.3, -0.25) is 4.79 Å². The molecule has 1 saturated carbocycles. The molecule has 7 atom stereocenters. The van der Waals surface area contributed by atoms with Gasteiger partial charge in [0.2, 0.25) is 0 Å². The van der Waals surface area contributed by atoms with E-state index in [1.807, 2.05) is 0 Å². The largest absolute Gasteiger partial charge is 0.472 e. The summed E-state index contributed by atoms with van der Waals surface area (Å²) in [7, 11) is 0. The Balaban J connectivity index is 1.73. The zero-order valence-corrected chi connectivity index (χ0v) is 16.7. The lowest BCUT2D eigenvalue weighted by atomic mass is 9.75. The van der Waals surface area contributed by atoms with Crippen molar-refractivity contribution in [3.63, 3.8) is 0 Å². The minimum absolute atomic E-state index is 0.112. The van der Waals surface area contributed by atoms with E-state index >= 15 is 0 Å². The lowest BCUT2D eigenvalue weighted by molar-refractivity contribution is -0.766. The van der Waals surface area contributed by atoms with E-state index in [9.17, 15) is 20.1 Å². The van der Waals surface area contributed by atoms with Crippen LogP contribution in [0.1, 0.15) is 56.6 Å². The van der Waals surface area contributed by atoms with Gasteiger partial charge in [-0.2, -0.15) is 6.07 Å². The van der Waals surface area contributed by atoms with E-state index < -0.39 is 37.1 Å². The minimum atomic E-state index is -1.22. The molecule has 2 fully saturated rings. The molecule has 3 rings (SSSR count). The molecule has 1 aliphatic heterocycles. The minimum Gasteiger partial charge on any atom is -0.472 e. The first-order valence-electron chi connectivity index (χ1n) is 10.1. The maximum absolute atomic E-state index is 12.8. The number of ether oxygens (including phenoxy) is 2. The molecule has 0 spiro atoms. The molecule has 7 nitrogen and oxygen atoms in total. The first kappa shape index (κ1) is 21.2. The van der Waals surface area contributed by atoms with Crippen LogP contribution in [0.3, 0.4) is 0 Å². The van der Waals surface area contributed by atoms with Crippen molar-refractivity contribution in [1.82, 2.24) is 0 Å². The Morgan fingerprint density at radius 2 is 2.11 bits per heavy atom. The first-order valence-corrected chi connectivity index (χ1v) is 10.1. The number of carbonyl (C=O) groups excluding carboxylic acids is 1. The summed E-state index contributed by atoms with van der Waals surface area (Å²) in [5.74, 6) is 0.887. The third-order valence-electron chi connectivity index (χ3n) is 6.02. The van der Waals surface area contributed by atoms with Crippen LogP contribution in [0.2, 0.25) is 0 Å². The summed E-state index contributed by atoms with van der Waals surface area (Å²) in [5, 5.41) is 29.4. The Labute approximate surface area is 165 Å². The number of rotatable bonds is 5. The monoisotopic (exact) mass is 393 g/mol. The molecule has 1 saturated heterocycles. The molecular formula is C21H31NO6. The fraction of sp³-hybridized carbons (Fsp3) is 0.714. The van der Waals surface area contributed by atoms with Crippen LogP contribution in [0, 0.1) is 23.8 Å². The molecule has 0 aromatic carbocycles. The number of esters is 1. The lowest BCUT2D eigenvalue weighted by Gasteiger charge is -2.37. The van der Waals surface area contributed by atoms with Crippen LogP contribution in [0.4, 0.5) is 0 Å². The van der Waals surface area contributed by atoms with Crippen LogP contribution < -0.4 is 4.57 Å². The lowest BCUT2D eigenvalue weighted by Crippen LogP contribution is -2.46. The molecule has 7 heteroatoms. The highest BCUT2D eigenvalue weighted by Gasteiger charge is 2.47. The number of hydrogen-bond donors (Lipinski definition) is 3. The van der Waals surface area contributed by atoms with Gasteiger partial charge in [-0.15, -0.1) is 0 Å². The summed E-state index contributed by atoms with van der Waals surface area (Å²) in [6.07, 6.45) is 1.81. The van der Waals surface area contributed by atoms with Gasteiger partial charge >= 0.3 is 0 Å². The molecule has 2 heterocycles. The number of aromatic nitrogens is 1. The Morgan fingerprint density at radius 1 is 1.36 bits per heavy atom. The van der Waals surface area contributed by atoms with Gasteiger partial charge in [-0.25, -0.2) is 10.6 Å². The average molecular weight is 393 g/mol. The molecule has 0 radical (unpaired) electrons. The van der Waals surface area contributed by atoms with Gasteiger partial charge in [0.25, 0.3) is 12.2 Å². The highest BCUT2D eigenvalue weighted by molar-refractivity contribution is 5.88. The van der Waals surface area contributed by atoms with Crippen molar-refractivity contribution >= 4 is 5.97 Å². The van der Waals surface area contributed by atoms with Crippen LogP contribution >= 0.6 is 0 Å². The second-order valence-electron chi connectivity index (χ2n) is 8.47. The first-order chi connectivity index (χ1) is 13.3. The van der Waals surface area contributed by atoms with E-state index in [1.54, 1.807) is 0 Å². The number of carbonyl (C=O) groups is 1. The van der Waals surface area contributed by atoms with Crippen molar-refractivity contribution in [1.29, 1.82) is 0 Å². The maximum atomic E-state index is 12.8. The van der Waals surface area contributed by atoms with Gasteiger partial charge in [-0.05, 0) is 36.2 Å². The van der Waals surface area contributed by atoms with Crippen molar-refractivity contribution in [2.75, 3.05) is 6.61 Å². The Hall–Kier alpha value is -1.54. The van der Waals surface area contributed by atoms with E-state index in [-0.39, 0.29) is 6.10 Å². The topological polar surface area (TPSA) is 100 Å². The standard InChI is InChI=1S/C21H31NO6/c1-12(2)15-7-6-13(3)9-16(15)28-21(26)14-5-4-8-22(10-14)20-19(25)18(24)17(11-23)27-20/h5,8,10,12-13,15-20,23-25H,6-7,9,11H2,1-3H3/t13?,15?,16?,17-,18-,19-,20-/m1/s1. The van der Waals surface area contributed by atoms with Crippen LogP contribution in [-0.4, -0.2) is 52.3 Å². The molecule has 0 bridgehead atoms. The molecule has 2 aliphatic rings. The summed E-state index contributed by atoms with van der Waals surface area (Å²) in [6, 6.07) is 4.40. The molecule has 1 aromatic heterocycles. The van der Waals surface area contributed by atoms with Crippen molar-refractivity contribution < 1.29 is 34.2 Å². The molecule has 156 valence electrons. The highest BCUT2D eigenvalue weighted by Crippen LogP contribution is 2.35. The summed E-state index contributed by atoms with van der Waals surface area (Å²) in [4.78, 5) is 12.8. The third-order valence-corrected chi connectivity index (χ3v) is 6.02. The van der Waals surface area contributed by atoms with Crippen molar-refractivity contribution in [2.24, 2.45) is 17.8 Å². The van der Waals surface area contributed by atoms with E-state index in [2.05, 4.69) is 26.8 Å². The summed E-state index contributed by atoms with van der Waals surface area (Å²) in [5.41, 5.74) is 0.306. The third kappa shape index (κ3) is 4.38. The van der Waals surface area contributed by atoms with E-state index in [1.165, 1.54) is 23.0 Å². The predicted octanol–water partition coefficient (Wildman–Crippen LogP) is 1.00. The van der Waals surface area contributed by atoms with Crippen molar-refractivity contribution in [3.8, 4) is 0 Å². The number of aliphatic hydroxyl groups is 3. The number of nitrogens with zero attached hydrogens (tertiary/aromatic N) is 1. The predicted molar refractivity (Wildman–Crippen MR) is 99.0 cm³/mol. The second kappa shape index (κ2) is 8.86. The fourth-order valence-electron chi connectivity index (χ4n) is 4.29. The van der Waals surface area contributed by atoms with E-state index in [0.717, 1.165) is 19.3 Å². The quantitative estimate of drug-likeness (QED) is 0.392. The van der Waals surface area contributed by atoms with Crippen LogP contribution in [-0.2, 0) is 9.47 Å². The smallest absolute Gasteiger partial charge is 0.289 e. The molecule has 3 unspecified atom stereocenters. The zero-order valence-electron chi connectivity index (χ0n) is 16.7. The fourth-order valence-corrected chi connectivity index (χ4v) is 4.29. The van der Waals surface area contributed by atoms with Crippen molar-refractivity contribution in [2.45, 2.75) is 70.7 Å². The van der Waals surface area contributed by atoms with E-state index in [4.69, 9.17) is 9.47 Å². The van der Waals surface area contributed by atoms with Gasteiger partial charge < -0.3 is 24.8 Å². The number of aliphatic hydroxyl groups excluding tert-OH is 3. The number of hydrogen-bond acceptors (Lipinski definition) is 6. The Kier molecular flexibility index (Phi) is 6.70. The van der Waals surface area contributed by atoms with Gasteiger partial charge in [0.1, 0.15) is 24.5 Å². The van der Waals surface area contributed by atoms with Crippen molar-refractivity contribution in [3.05, 3.63) is 30.1 Å². The zero-order chi connectivity index (χ0) is 20.4. The van der Waals surface area contributed by atoms with E-state index in [0.29, 0.717) is 23.3 Å². The van der Waals surface area contributed by atoms with Gasteiger partial charge in [-0.1, -0.05) is 27.2 Å². The normalized spacial score (nSPS) is 35.9. The van der Waals surface area contributed by atoms with Crippen LogP contribution in [0.15, 0.2) is 18.5 Å². The molecule has 0 amide bonds. The molecule has 28 heavy (non-hydrogen) atoms. The van der Waals surface area contributed by atoms with Gasteiger partial charge in [0, 0.05) is 0 Å². The van der Waals surface area contributed by atoms with Crippen LogP contribution in [0.5, 0.6) is 0 Å². The van der Waals surface area contributed by atoms with Crippen LogP contribution in [0.25, 0.3) is 0 Å². The summed E-state index contributed by atoms with van der Waals surface area (Å²) < 4.78 is 12.8. The summed E-state index contributed by atoms with van der Waals surface area (Å²) in [6.45, 7) is 6.10. The highest BCUT2D eigenvalue weighted by atomic mass is 16.6. The molecule has 1 aliphatic carbocycles. The van der Waals surface area contributed by atoms with Gasteiger partial charge in [0.15, 0.2) is 6.10 Å². The average Bonchev–Trinajstić information content (AvgIpc) is 2.96. The molecule has 3 N–H and O–H groups in total. The van der Waals surface area contributed by atoms with Gasteiger partial charge in [0.05, 0.1) is 12.8 Å². The molecular weight excluding hydrogens is 362 g/mol. The molecule has 1 aromatic rings. The maximum Gasteiger partial charge on any atom is 0.289 e. The Morgan fingerprint density at radius 3 is 2.75 bits per heavy atom. The summed E-state index contributed by atoms with van der Waals surface area (Å²) >= 11 is 0. The number of pyridine rings is 1.